The Bertz CT molecular complexity index is 552. The van der Waals surface area contributed by atoms with Crippen molar-refractivity contribution in [2.24, 2.45) is 5.73 Å². The summed E-state index contributed by atoms with van der Waals surface area (Å²) in [4.78, 5) is 0. The lowest BCUT2D eigenvalue weighted by molar-refractivity contribution is 0.619. The van der Waals surface area contributed by atoms with Crippen LogP contribution in [0.5, 0.6) is 0 Å². The minimum absolute atomic E-state index is 0.221. The molecule has 0 aliphatic heterocycles. The Morgan fingerprint density at radius 1 is 1.18 bits per heavy atom. The second-order valence-corrected chi connectivity index (χ2v) is 4.34. The van der Waals surface area contributed by atoms with Gasteiger partial charge in [0, 0.05) is 17.1 Å². The Morgan fingerprint density at radius 2 is 1.94 bits per heavy atom. The lowest BCUT2D eigenvalue weighted by atomic mass is 9.99. The van der Waals surface area contributed by atoms with Crippen LogP contribution in [0.2, 0.25) is 5.02 Å². The topological polar surface area (TPSA) is 26.0 Å². The number of hydrogen-bond donors (Lipinski definition) is 1. The van der Waals surface area contributed by atoms with Gasteiger partial charge in [0.2, 0.25) is 0 Å². The monoisotopic (exact) mass is 249 g/mol. The summed E-state index contributed by atoms with van der Waals surface area (Å²) < 4.78 is 13.5. The second-order valence-electron chi connectivity index (χ2n) is 3.93. The number of hydrogen-bond acceptors (Lipinski definition) is 1. The van der Waals surface area contributed by atoms with Crippen LogP contribution in [0, 0.1) is 12.7 Å². The molecular formula is C14H13ClFN. The molecule has 88 valence electrons. The molecule has 0 unspecified atom stereocenters. The van der Waals surface area contributed by atoms with E-state index in [0.29, 0.717) is 17.1 Å². The van der Waals surface area contributed by atoms with Crippen molar-refractivity contribution >= 4 is 11.6 Å². The molecule has 2 aromatic carbocycles. The van der Waals surface area contributed by atoms with E-state index in [1.807, 2.05) is 24.3 Å². The first-order valence-corrected chi connectivity index (χ1v) is 5.75. The Kier molecular flexibility index (Phi) is 3.46. The SMILES string of the molecule is Cc1c(F)cccc1-c1ccc(CN)cc1Cl. The summed E-state index contributed by atoms with van der Waals surface area (Å²) in [5, 5.41) is 0.599. The van der Waals surface area contributed by atoms with Gasteiger partial charge in [-0.25, -0.2) is 4.39 Å². The fourth-order valence-corrected chi connectivity index (χ4v) is 2.11. The van der Waals surface area contributed by atoms with E-state index in [9.17, 15) is 4.39 Å². The molecule has 0 saturated heterocycles. The highest BCUT2D eigenvalue weighted by molar-refractivity contribution is 6.33. The number of halogens is 2. The summed E-state index contributed by atoms with van der Waals surface area (Å²) in [5.74, 6) is -0.221. The van der Waals surface area contributed by atoms with E-state index in [1.54, 1.807) is 13.0 Å². The molecule has 1 nitrogen and oxygen atoms in total. The van der Waals surface area contributed by atoms with E-state index in [-0.39, 0.29) is 5.82 Å². The fraction of sp³-hybridized carbons (Fsp3) is 0.143. The average molecular weight is 250 g/mol. The first kappa shape index (κ1) is 12.1. The van der Waals surface area contributed by atoms with Gasteiger partial charge < -0.3 is 5.73 Å². The third-order valence-electron chi connectivity index (χ3n) is 2.83. The van der Waals surface area contributed by atoms with Crippen LogP contribution in [0.15, 0.2) is 36.4 Å². The summed E-state index contributed by atoms with van der Waals surface area (Å²) in [6.07, 6.45) is 0. The van der Waals surface area contributed by atoms with Crippen LogP contribution in [0.1, 0.15) is 11.1 Å². The third kappa shape index (κ3) is 2.33. The van der Waals surface area contributed by atoms with Gasteiger partial charge in [0.05, 0.1) is 0 Å². The molecule has 2 rings (SSSR count). The highest BCUT2D eigenvalue weighted by atomic mass is 35.5. The summed E-state index contributed by atoms with van der Waals surface area (Å²) in [7, 11) is 0. The van der Waals surface area contributed by atoms with Crippen LogP contribution in [-0.2, 0) is 6.54 Å². The molecule has 17 heavy (non-hydrogen) atoms. The van der Waals surface area contributed by atoms with E-state index < -0.39 is 0 Å². The minimum atomic E-state index is -0.221. The Hall–Kier alpha value is -1.38. The standard InChI is InChI=1S/C14H13ClFN/c1-9-11(3-2-4-14(9)16)12-6-5-10(8-17)7-13(12)15/h2-7H,8,17H2,1H3. The molecule has 0 aliphatic carbocycles. The zero-order chi connectivity index (χ0) is 12.4. The van der Waals surface area contributed by atoms with Gasteiger partial charge in [-0.1, -0.05) is 35.9 Å². The van der Waals surface area contributed by atoms with Crippen molar-refractivity contribution in [3.63, 3.8) is 0 Å². The molecule has 0 radical (unpaired) electrons. The molecule has 0 aliphatic rings. The van der Waals surface area contributed by atoms with Crippen molar-refractivity contribution in [3.8, 4) is 11.1 Å². The molecule has 2 aromatic rings. The van der Waals surface area contributed by atoms with Crippen molar-refractivity contribution in [1.29, 1.82) is 0 Å². The molecule has 3 heteroatoms. The molecule has 0 saturated carbocycles. The number of nitrogens with two attached hydrogens (primary N) is 1. The highest BCUT2D eigenvalue weighted by Gasteiger charge is 2.09. The third-order valence-corrected chi connectivity index (χ3v) is 3.14. The van der Waals surface area contributed by atoms with Crippen molar-refractivity contribution in [3.05, 3.63) is 58.4 Å². The average Bonchev–Trinajstić information content (AvgIpc) is 2.33. The van der Waals surface area contributed by atoms with Gasteiger partial charge >= 0.3 is 0 Å². The normalized spacial score (nSPS) is 10.6. The fourth-order valence-electron chi connectivity index (χ4n) is 1.80. The lowest BCUT2D eigenvalue weighted by Gasteiger charge is -2.10. The van der Waals surface area contributed by atoms with Gasteiger partial charge in [0.25, 0.3) is 0 Å². The van der Waals surface area contributed by atoms with Crippen molar-refractivity contribution in [1.82, 2.24) is 0 Å². The summed E-state index contributed by atoms with van der Waals surface area (Å²) in [5.41, 5.74) is 8.77. The van der Waals surface area contributed by atoms with Gasteiger partial charge in [-0.15, -0.1) is 0 Å². The van der Waals surface area contributed by atoms with Crippen LogP contribution in [0.3, 0.4) is 0 Å². The van der Waals surface area contributed by atoms with Crippen molar-refractivity contribution < 1.29 is 4.39 Å². The Morgan fingerprint density at radius 3 is 2.59 bits per heavy atom. The van der Waals surface area contributed by atoms with Gasteiger partial charge in [0.15, 0.2) is 0 Å². The molecule has 0 heterocycles. The molecule has 2 N–H and O–H groups in total. The first-order chi connectivity index (χ1) is 8.13. The molecule has 0 aromatic heterocycles. The summed E-state index contributed by atoms with van der Waals surface area (Å²) >= 11 is 6.19. The van der Waals surface area contributed by atoms with Gasteiger partial charge in [0.1, 0.15) is 5.82 Å². The van der Waals surface area contributed by atoms with Gasteiger partial charge in [-0.05, 0) is 35.7 Å². The van der Waals surface area contributed by atoms with Crippen LogP contribution >= 0.6 is 11.6 Å². The molecule has 0 bridgehead atoms. The highest BCUT2D eigenvalue weighted by Crippen LogP contribution is 2.31. The maximum Gasteiger partial charge on any atom is 0.126 e. The van der Waals surface area contributed by atoms with Crippen LogP contribution < -0.4 is 5.73 Å². The maximum absolute atomic E-state index is 13.5. The van der Waals surface area contributed by atoms with E-state index in [4.69, 9.17) is 17.3 Å². The largest absolute Gasteiger partial charge is 0.326 e. The number of benzene rings is 2. The smallest absolute Gasteiger partial charge is 0.126 e. The Balaban J connectivity index is 2.57. The Labute approximate surface area is 105 Å². The quantitative estimate of drug-likeness (QED) is 0.858. The molecule has 0 amide bonds. The van der Waals surface area contributed by atoms with Crippen LogP contribution in [0.4, 0.5) is 4.39 Å². The molecule has 0 atom stereocenters. The predicted molar refractivity (Wildman–Crippen MR) is 69.5 cm³/mol. The van der Waals surface area contributed by atoms with Gasteiger partial charge in [-0.3, -0.25) is 0 Å². The van der Waals surface area contributed by atoms with Crippen molar-refractivity contribution in [2.45, 2.75) is 13.5 Å². The maximum atomic E-state index is 13.5. The summed E-state index contributed by atoms with van der Waals surface area (Å²) in [6, 6.07) is 10.6. The van der Waals surface area contributed by atoms with E-state index in [2.05, 4.69) is 0 Å². The molecule has 0 fully saturated rings. The molecular weight excluding hydrogens is 237 g/mol. The number of rotatable bonds is 2. The summed E-state index contributed by atoms with van der Waals surface area (Å²) in [6.45, 7) is 2.19. The molecule has 0 spiro atoms. The van der Waals surface area contributed by atoms with Crippen LogP contribution in [-0.4, -0.2) is 0 Å². The van der Waals surface area contributed by atoms with E-state index in [1.165, 1.54) is 6.07 Å². The zero-order valence-electron chi connectivity index (χ0n) is 9.50. The van der Waals surface area contributed by atoms with Crippen LogP contribution in [0.25, 0.3) is 11.1 Å². The second kappa shape index (κ2) is 4.86. The van der Waals surface area contributed by atoms with E-state index >= 15 is 0 Å². The predicted octanol–water partition coefficient (Wildman–Crippen LogP) is 3.91. The first-order valence-electron chi connectivity index (χ1n) is 5.37. The lowest BCUT2D eigenvalue weighted by Crippen LogP contribution is -1.96. The van der Waals surface area contributed by atoms with Gasteiger partial charge in [-0.2, -0.15) is 0 Å². The minimum Gasteiger partial charge on any atom is -0.326 e. The van der Waals surface area contributed by atoms with E-state index in [0.717, 1.165) is 16.7 Å². The zero-order valence-corrected chi connectivity index (χ0v) is 10.3. The van der Waals surface area contributed by atoms with Crippen molar-refractivity contribution in [2.75, 3.05) is 0 Å².